The van der Waals surface area contributed by atoms with Crippen LogP contribution in [0.1, 0.15) is 22.3 Å². The number of rotatable bonds is 4. The summed E-state index contributed by atoms with van der Waals surface area (Å²) in [5, 5.41) is 0. The summed E-state index contributed by atoms with van der Waals surface area (Å²) in [6.45, 7) is 1.92. The van der Waals surface area contributed by atoms with Gasteiger partial charge in [0.1, 0.15) is 0 Å². The Kier molecular flexibility index (Phi) is 4.45. The van der Waals surface area contributed by atoms with E-state index in [0.717, 1.165) is 18.6 Å². The monoisotopic (exact) mass is 252 g/mol. The summed E-state index contributed by atoms with van der Waals surface area (Å²) < 4.78 is 10.5. The van der Waals surface area contributed by atoms with Crippen LogP contribution in [0.5, 0.6) is 0 Å². The fraction of sp³-hybridized carbons (Fsp3) is 0.462. The number of carbonyl (C=O) groups excluding carboxylic acids is 1. The standard InChI is InChI=1S/C13H16O3S/c14-13(16-8-11-4-5-15-7-11)12-3-1-2-10(6-12)9-17/h1-3,6,11,17H,4-5,7-9H2. The molecule has 17 heavy (non-hydrogen) atoms. The fourth-order valence-electron chi connectivity index (χ4n) is 1.79. The van der Waals surface area contributed by atoms with Crippen molar-refractivity contribution in [3.63, 3.8) is 0 Å². The van der Waals surface area contributed by atoms with Crippen molar-refractivity contribution in [3.8, 4) is 0 Å². The molecular formula is C13H16O3S. The summed E-state index contributed by atoms with van der Waals surface area (Å²) in [7, 11) is 0. The minimum absolute atomic E-state index is 0.263. The molecule has 4 heteroatoms. The van der Waals surface area contributed by atoms with Gasteiger partial charge in [-0.1, -0.05) is 12.1 Å². The van der Waals surface area contributed by atoms with E-state index in [0.29, 0.717) is 30.4 Å². The van der Waals surface area contributed by atoms with Gasteiger partial charge < -0.3 is 9.47 Å². The topological polar surface area (TPSA) is 35.5 Å². The molecule has 0 spiro atoms. The number of hydrogen-bond donors (Lipinski definition) is 1. The van der Waals surface area contributed by atoms with Crippen molar-refractivity contribution in [2.75, 3.05) is 19.8 Å². The number of hydrogen-bond acceptors (Lipinski definition) is 4. The van der Waals surface area contributed by atoms with Gasteiger partial charge in [0.2, 0.25) is 0 Å². The van der Waals surface area contributed by atoms with Gasteiger partial charge in [0.15, 0.2) is 0 Å². The number of benzene rings is 1. The van der Waals surface area contributed by atoms with Gasteiger partial charge in [0, 0.05) is 18.3 Å². The highest BCUT2D eigenvalue weighted by Crippen LogP contribution is 2.14. The molecule has 0 saturated carbocycles. The van der Waals surface area contributed by atoms with Gasteiger partial charge in [-0.3, -0.25) is 0 Å². The molecule has 0 aliphatic carbocycles. The highest BCUT2D eigenvalue weighted by atomic mass is 32.1. The summed E-state index contributed by atoms with van der Waals surface area (Å²) in [4.78, 5) is 11.8. The lowest BCUT2D eigenvalue weighted by molar-refractivity contribution is 0.0428. The molecule has 1 aromatic carbocycles. The minimum atomic E-state index is -0.263. The zero-order valence-corrected chi connectivity index (χ0v) is 10.5. The van der Waals surface area contributed by atoms with Crippen LogP contribution in [-0.2, 0) is 15.2 Å². The first-order chi connectivity index (χ1) is 8.29. The Morgan fingerprint density at radius 1 is 1.53 bits per heavy atom. The van der Waals surface area contributed by atoms with E-state index >= 15 is 0 Å². The largest absolute Gasteiger partial charge is 0.462 e. The molecule has 1 aliphatic heterocycles. The Hall–Kier alpha value is -1.00. The molecular weight excluding hydrogens is 236 g/mol. The van der Waals surface area contributed by atoms with Gasteiger partial charge in [-0.2, -0.15) is 12.6 Å². The SMILES string of the molecule is O=C(OCC1CCOC1)c1cccc(CS)c1. The summed E-state index contributed by atoms with van der Waals surface area (Å²) in [5.74, 6) is 0.713. The van der Waals surface area contributed by atoms with Crippen LogP contribution in [0.15, 0.2) is 24.3 Å². The lowest BCUT2D eigenvalue weighted by atomic mass is 10.1. The Morgan fingerprint density at radius 2 is 2.41 bits per heavy atom. The van der Waals surface area contributed by atoms with E-state index in [1.807, 2.05) is 18.2 Å². The van der Waals surface area contributed by atoms with Crippen LogP contribution >= 0.6 is 12.6 Å². The molecule has 1 atom stereocenters. The Bertz CT molecular complexity index is 386. The zero-order valence-electron chi connectivity index (χ0n) is 9.59. The van der Waals surface area contributed by atoms with Gasteiger partial charge in [0.25, 0.3) is 0 Å². The van der Waals surface area contributed by atoms with Gasteiger partial charge in [-0.05, 0) is 24.1 Å². The molecule has 0 amide bonds. The zero-order chi connectivity index (χ0) is 12.1. The second-order valence-corrected chi connectivity index (χ2v) is 4.50. The molecule has 0 aromatic heterocycles. The molecule has 92 valence electrons. The average Bonchev–Trinajstić information content (AvgIpc) is 2.89. The third-order valence-corrected chi connectivity index (χ3v) is 3.18. The summed E-state index contributed by atoms with van der Waals surface area (Å²) in [6.07, 6.45) is 0.976. The van der Waals surface area contributed by atoms with Crippen molar-refractivity contribution in [1.29, 1.82) is 0 Å². The molecule has 1 aliphatic rings. The van der Waals surface area contributed by atoms with Crippen LogP contribution in [0, 0.1) is 5.92 Å². The van der Waals surface area contributed by atoms with Gasteiger partial charge in [0.05, 0.1) is 18.8 Å². The lowest BCUT2D eigenvalue weighted by Crippen LogP contribution is -2.14. The van der Waals surface area contributed by atoms with Crippen LogP contribution in [0.25, 0.3) is 0 Å². The van der Waals surface area contributed by atoms with E-state index < -0.39 is 0 Å². The van der Waals surface area contributed by atoms with Crippen molar-refractivity contribution in [2.24, 2.45) is 5.92 Å². The summed E-state index contributed by atoms with van der Waals surface area (Å²) in [6, 6.07) is 7.37. The normalized spacial score (nSPS) is 19.2. The molecule has 2 rings (SSSR count). The Morgan fingerprint density at radius 3 is 3.12 bits per heavy atom. The van der Waals surface area contributed by atoms with Crippen molar-refractivity contribution >= 4 is 18.6 Å². The van der Waals surface area contributed by atoms with Crippen LogP contribution < -0.4 is 0 Å². The maximum absolute atomic E-state index is 11.8. The first kappa shape index (κ1) is 12.5. The lowest BCUT2D eigenvalue weighted by Gasteiger charge is -2.09. The molecule has 1 saturated heterocycles. The van der Waals surface area contributed by atoms with E-state index in [1.165, 1.54) is 0 Å². The van der Waals surface area contributed by atoms with E-state index in [9.17, 15) is 4.79 Å². The number of esters is 1. The molecule has 0 radical (unpaired) electrons. The smallest absolute Gasteiger partial charge is 0.338 e. The van der Waals surface area contributed by atoms with Crippen LogP contribution in [0.3, 0.4) is 0 Å². The molecule has 1 aromatic rings. The van der Waals surface area contributed by atoms with E-state index in [4.69, 9.17) is 9.47 Å². The molecule has 1 fully saturated rings. The summed E-state index contributed by atoms with van der Waals surface area (Å²) in [5.41, 5.74) is 1.61. The number of carbonyl (C=O) groups is 1. The first-order valence-electron chi connectivity index (χ1n) is 5.74. The van der Waals surface area contributed by atoms with Gasteiger partial charge >= 0.3 is 5.97 Å². The molecule has 1 unspecified atom stereocenters. The van der Waals surface area contributed by atoms with Crippen molar-refractivity contribution in [3.05, 3.63) is 35.4 Å². The van der Waals surface area contributed by atoms with Crippen molar-refractivity contribution in [1.82, 2.24) is 0 Å². The van der Waals surface area contributed by atoms with Crippen LogP contribution in [0.4, 0.5) is 0 Å². The van der Waals surface area contributed by atoms with Gasteiger partial charge in [-0.25, -0.2) is 4.79 Å². The predicted octanol–water partition coefficient (Wildman–Crippen LogP) is 2.31. The highest BCUT2D eigenvalue weighted by Gasteiger charge is 2.18. The first-order valence-corrected chi connectivity index (χ1v) is 6.37. The molecule has 0 N–H and O–H groups in total. The third-order valence-electron chi connectivity index (χ3n) is 2.82. The van der Waals surface area contributed by atoms with Crippen LogP contribution in [0.2, 0.25) is 0 Å². The molecule has 1 heterocycles. The Labute approximate surface area is 107 Å². The van der Waals surface area contributed by atoms with Gasteiger partial charge in [-0.15, -0.1) is 0 Å². The van der Waals surface area contributed by atoms with E-state index in [2.05, 4.69) is 12.6 Å². The van der Waals surface area contributed by atoms with Crippen molar-refractivity contribution in [2.45, 2.75) is 12.2 Å². The number of ether oxygens (including phenoxy) is 2. The Balaban J connectivity index is 1.89. The molecule has 3 nitrogen and oxygen atoms in total. The quantitative estimate of drug-likeness (QED) is 0.660. The maximum Gasteiger partial charge on any atom is 0.338 e. The van der Waals surface area contributed by atoms with Crippen LogP contribution in [-0.4, -0.2) is 25.8 Å². The fourth-order valence-corrected chi connectivity index (χ4v) is 1.99. The third kappa shape index (κ3) is 3.48. The van der Waals surface area contributed by atoms with E-state index in [-0.39, 0.29) is 5.97 Å². The second kappa shape index (κ2) is 6.07. The second-order valence-electron chi connectivity index (χ2n) is 4.19. The predicted molar refractivity (Wildman–Crippen MR) is 68.3 cm³/mol. The minimum Gasteiger partial charge on any atom is -0.462 e. The van der Waals surface area contributed by atoms with E-state index in [1.54, 1.807) is 6.07 Å². The highest BCUT2D eigenvalue weighted by molar-refractivity contribution is 7.79. The summed E-state index contributed by atoms with van der Waals surface area (Å²) >= 11 is 4.18. The van der Waals surface area contributed by atoms with Crippen molar-refractivity contribution < 1.29 is 14.3 Å². The molecule has 0 bridgehead atoms. The average molecular weight is 252 g/mol. The maximum atomic E-state index is 11.8. The number of thiol groups is 1.